The van der Waals surface area contributed by atoms with Gasteiger partial charge >= 0.3 is 0 Å². The molecule has 0 atom stereocenters. The number of hydrogen-bond donors (Lipinski definition) is 0. The SMILES string of the molecule is C1=c2ccccc2=c2c(oc3ccccc23)=CC1. The van der Waals surface area contributed by atoms with Crippen LogP contribution in [0.1, 0.15) is 6.42 Å². The molecule has 0 saturated heterocycles. The molecule has 0 spiro atoms. The predicted molar refractivity (Wildman–Crippen MR) is 73.1 cm³/mol. The summed E-state index contributed by atoms with van der Waals surface area (Å²) in [4.78, 5) is 0. The summed E-state index contributed by atoms with van der Waals surface area (Å²) in [5, 5.41) is 4.99. The molecular formula is C17H12O. The van der Waals surface area contributed by atoms with Crippen molar-refractivity contribution in [2.24, 2.45) is 0 Å². The Balaban J connectivity index is 2.49. The van der Waals surface area contributed by atoms with E-state index in [1.54, 1.807) is 0 Å². The van der Waals surface area contributed by atoms with Crippen molar-refractivity contribution < 1.29 is 4.42 Å². The van der Waals surface area contributed by atoms with Gasteiger partial charge in [0.05, 0.1) is 0 Å². The first-order valence-corrected chi connectivity index (χ1v) is 6.21. The van der Waals surface area contributed by atoms with Crippen molar-refractivity contribution in [3.8, 4) is 0 Å². The van der Waals surface area contributed by atoms with E-state index in [2.05, 4.69) is 48.6 Å². The van der Waals surface area contributed by atoms with E-state index in [-0.39, 0.29) is 0 Å². The zero-order chi connectivity index (χ0) is 11.9. The maximum absolute atomic E-state index is 5.95. The Bertz CT molecular complexity index is 945. The Hall–Kier alpha value is -2.28. The third kappa shape index (κ3) is 1.28. The van der Waals surface area contributed by atoms with Crippen LogP contribution in [0, 0.1) is 10.4 Å². The van der Waals surface area contributed by atoms with Crippen molar-refractivity contribution in [3.05, 3.63) is 69.6 Å². The van der Waals surface area contributed by atoms with Crippen LogP contribution in [0.5, 0.6) is 0 Å². The van der Waals surface area contributed by atoms with Crippen LogP contribution in [0.3, 0.4) is 0 Å². The predicted octanol–water partition coefficient (Wildman–Crippen LogP) is 2.68. The second kappa shape index (κ2) is 3.61. The number of rotatable bonds is 0. The highest BCUT2D eigenvalue weighted by molar-refractivity contribution is 5.78. The van der Waals surface area contributed by atoms with Gasteiger partial charge in [0.25, 0.3) is 0 Å². The van der Waals surface area contributed by atoms with Gasteiger partial charge in [-0.2, -0.15) is 0 Å². The molecule has 0 fully saturated rings. The third-order valence-corrected chi connectivity index (χ3v) is 3.49. The third-order valence-electron chi connectivity index (χ3n) is 3.49. The molecule has 0 amide bonds. The Morgan fingerprint density at radius 3 is 2.67 bits per heavy atom. The summed E-state index contributed by atoms with van der Waals surface area (Å²) in [6, 6.07) is 16.8. The largest absolute Gasteiger partial charge is 0.456 e. The zero-order valence-corrected chi connectivity index (χ0v) is 9.89. The van der Waals surface area contributed by atoms with Crippen LogP contribution in [-0.2, 0) is 0 Å². The first-order chi connectivity index (χ1) is 8.93. The van der Waals surface area contributed by atoms with Crippen molar-refractivity contribution in [2.75, 3.05) is 0 Å². The van der Waals surface area contributed by atoms with E-state index in [4.69, 9.17) is 4.42 Å². The van der Waals surface area contributed by atoms with E-state index in [1.165, 1.54) is 21.0 Å². The molecule has 18 heavy (non-hydrogen) atoms. The minimum absolute atomic E-state index is 0.920. The maximum Gasteiger partial charge on any atom is 0.135 e. The lowest BCUT2D eigenvalue weighted by molar-refractivity contribution is 0.575. The highest BCUT2D eigenvalue weighted by atomic mass is 16.3. The average molecular weight is 232 g/mol. The Kier molecular flexibility index (Phi) is 1.95. The molecule has 2 aromatic carbocycles. The van der Waals surface area contributed by atoms with Crippen molar-refractivity contribution in [1.29, 1.82) is 0 Å². The van der Waals surface area contributed by atoms with Gasteiger partial charge in [-0.25, -0.2) is 0 Å². The van der Waals surface area contributed by atoms with Crippen LogP contribution in [0.15, 0.2) is 52.9 Å². The van der Waals surface area contributed by atoms with Gasteiger partial charge in [-0.05, 0) is 29.0 Å². The number of fused-ring (bicyclic) bond motifs is 4. The van der Waals surface area contributed by atoms with E-state index in [0.717, 1.165) is 17.4 Å². The fraction of sp³-hybridized carbons (Fsp3) is 0.0588. The molecule has 4 rings (SSSR count). The zero-order valence-electron chi connectivity index (χ0n) is 9.89. The lowest BCUT2D eigenvalue weighted by Gasteiger charge is -1.89. The molecular weight excluding hydrogens is 220 g/mol. The standard InChI is InChI=1S/C17H12O/c1-2-8-13-12(6-1)7-5-11-16-17(13)14-9-3-4-10-15(14)18-16/h1-4,6-11H,5H2. The summed E-state index contributed by atoms with van der Waals surface area (Å²) < 4.78 is 5.95. The van der Waals surface area contributed by atoms with Crippen molar-refractivity contribution in [1.82, 2.24) is 0 Å². The van der Waals surface area contributed by atoms with Gasteiger partial charge in [-0.1, -0.05) is 48.5 Å². The number of para-hydroxylation sites is 1. The molecule has 0 N–H and O–H groups in total. The summed E-state index contributed by atoms with van der Waals surface area (Å²) in [6.45, 7) is 0. The first-order valence-electron chi connectivity index (χ1n) is 6.21. The molecule has 0 saturated carbocycles. The van der Waals surface area contributed by atoms with Gasteiger partial charge < -0.3 is 4.42 Å². The van der Waals surface area contributed by atoms with Crippen molar-refractivity contribution in [2.45, 2.75) is 6.42 Å². The maximum atomic E-state index is 5.95. The Morgan fingerprint density at radius 2 is 1.67 bits per heavy atom. The average Bonchev–Trinajstić information content (AvgIpc) is 2.68. The van der Waals surface area contributed by atoms with E-state index in [1.807, 2.05) is 12.1 Å². The molecule has 0 unspecified atom stereocenters. The molecule has 1 aliphatic rings. The highest BCUT2D eigenvalue weighted by Crippen LogP contribution is 2.14. The van der Waals surface area contributed by atoms with Crippen LogP contribution in [0.4, 0.5) is 0 Å². The van der Waals surface area contributed by atoms with Crippen LogP contribution in [0.25, 0.3) is 23.1 Å². The molecule has 1 aromatic heterocycles. The summed E-state index contributed by atoms with van der Waals surface area (Å²) in [5.41, 5.74) is 1.97. The molecule has 1 heterocycles. The fourth-order valence-electron chi connectivity index (χ4n) is 2.68. The monoisotopic (exact) mass is 232 g/mol. The molecule has 3 aromatic rings. The van der Waals surface area contributed by atoms with E-state index in [9.17, 15) is 0 Å². The van der Waals surface area contributed by atoms with Gasteiger partial charge in [0, 0.05) is 10.6 Å². The van der Waals surface area contributed by atoms with Crippen molar-refractivity contribution in [3.63, 3.8) is 0 Å². The van der Waals surface area contributed by atoms with Crippen molar-refractivity contribution >= 4 is 23.1 Å². The van der Waals surface area contributed by atoms with Gasteiger partial charge in [0.15, 0.2) is 0 Å². The molecule has 1 heteroatoms. The van der Waals surface area contributed by atoms with E-state index in [0.29, 0.717) is 0 Å². The van der Waals surface area contributed by atoms with Crippen LogP contribution in [-0.4, -0.2) is 0 Å². The summed E-state index contributed by atoms with van der Waals surface area (Å²) in [5.74, 6) is 0. The van der Waals surface area contributed by atoms with E-state index >= 15 is 0 Å². The molecule has 1 nitrogen and oxygen atoms in total. The minimum Gasteiger partial charge on any atom is -0.456 e. The molecule has 1 aliphatic carbocycles. The van der Waals surface area contributed by atoms with Crippen LogP contribution >= 0.6 is 0 Å². The van der Waals surface area contributed by atoms with E-state index < -0.39 is 0 Å². The number of hydrogen-bond acceptors (Lipinski definition) is 1. The molecule has 0 bridgehead atoms. The second-order valence-corrected chi connectivity index (χ2v) is 4.57. The van der Waals surface area contributed by atoms with Gasteiger partial charge in [0.2, 0.25) is 0 Å². The fourth-order valence-corrected chi connectivity index (χ4v) is 2.68. The summed E-state index contributed by atoms with van der Waals surface area (Å²) in [7, 11) is 0. The van der Waals surface area contributed by atoms with Crippen LogP contribution < -0.4 is 10.6 Å². The molecule has 0 radical (unpaired) electrons. The smallest absolute Gasteiger partial charge is 0.135 e. The lowest BCUT2D eigenvalue weighted by Crippen LogP contribution is -2.03. The highest BCUT2D eigenvalue weighted by Gasteiger charge is 2.04. The molecule has 0 aliphatic heterocycles. The Labute approximate surface area is 104 Å². The first kappa shape index (κ1) is 9.72. The topological polar surface area (TPSA) is 13.1 Å². The summed E-state index contributed by atoms with van der Waals surface area (Å²) in [6.07, 6.45) is 5.33. The second-order valence-electron chi connectivity index (χ2n) is 4.57. The molecule has 86 valence electrons. The Morgan fingerprint density at radius 1 is 0.833 bits per heavy atom. The normalized spacial score (nSPS) is 13.1. The van der Waals surface area contributed by atoms with Gasteiger partial charge in [-0.15, -0.1) is 0 Å². The quantitative estimate of drug-likeness (QED) is 0.581. The lowest BCUT2D eigenvalue weighted by atomic mass is 10.1. The number of furan rings is 1. The minimum atomic E-state index is 0.920. The van der Waals surface area contributed by atoms with Gasteiger partial charge in [-0.3, -0.25) is 0 Å². The number of benzene rings is 2. The van der Waals surface area contributed by atoms with Gasteiger partial charge in [0.1, 0.15) is 11.0 Å². The summed E-state index contributed by atoms with van der Waals surface area (Å²) >= 11 is 0. The van der Waals surface area contributed by atoms with Crippen LogP contribution in [0.2, 0.25) is 0 Å².